The predicted octanol–water partition coefficient (Wildman–Crippen LogP) is 4.27. The lowest BCUT2D eigenvalue weighted by molar-refractivity contribution is -0.144. The summed E-state index contributed by atoms with van der Waals surface area (Å²) in [4.78, 5) is 6.36. The van der Waals surface area contributed by atoms with Crippen LogP contribution in [0.4, 0.5) is 34.9 Å². The molecule has 2 aromatic rings. The first-order valence-electron chi connectivity index (χ1n) is 5.30. The van der Waals surface area contributed by atoms with Crippen molar-refractivity contribution < 1.29 is 17.6 Å². The van der Waals surface area contributed by atoms with E-state index in [9.17, 15) is 17.6 Å². The molecule has 0 radical (unpaired) electrons. The van der Waals surface area contributed by atoms with Crippen molar-refractivity contribution in [1.82, 2.24) is 9.97 Å². The molecule has 0 aliphatic carbocycles. The smallest absolute Gasteiger partial charge is 0.384 e. The molecular formula is C11H6Cl2F4N4. The lowest BCUT2D eigenvalue weighted by atomic mass is 10.3. The Balaban J connectivity index is 2.38. The van der Waals surface area contributed by atoms with Gasteiger partial charge < -0.3 is 11.1 Å². The average Bonchev–Trinajstić information content (AvgIpc) is 2.34. The molecule has 0 fully saturated rings. The highest BCUT2D eigenvalue weighted by atomic mass is 35.5. The Bertz CT molecular complexity index is 667. The molecule has 10 heteroatoms. The summed E-state index contributed by atoms with van der Waals surface area (Å²) in [6, 6.07) is 3.38. The van der Waals surface area contributed by atoms with Gasteiger partial charge in [-0.25, -0.2) is 14.4 Å². The van der Waals surface area contributed by atoms with Crippen molar-refractivity contribution in [1.29, 1.82) is 0 Å². The van der Waals surface area contributed by atoms with Crippen LogP contribution in [0.25, 0.3) is 0 Å². The van der Waals surface area contributed by atoms with E-state index in [1.807, 2.05) is 0 Å². The van der Waals surface area contributed by atoms with Gasteiger partial charge in [0.15, 0.2) is 5.82 Å². The van der Waals surface area contributed by atoms with Crippen LogP contribution in [0.5, 0.6) is 0 Å². The Morgan fingerprint density at radius 3 is 2.14 bits per heavy atom. The Morgan fingerprint density at radius 2 is 1.62 bits per heavy atom. The number of nitrogens with two attached hydrogens (primary N) is 1. The summed E-state index contributed by atoms with van der Waals surface area (Å²) in [5, 5.41) is 1.92. The third kappa shape index (κ3) is 3.64. The molecule has 1 aromatic carbocycles. The SMILES string of the molecule is Nc1cc(Nc2cc(Cl)c(F)c(Cl)c2)nc(C(F)(F)F)n1. The minimum Gasteiger partial charge on any atom is -0.384 e. The van der Waals surface area contributed by atoms with E-state index in [1.165, 1.54) is 0 Å². The quantitative estimate of drug-likeness (QED) is 0.633. The Hall–Kier alpha value is -1.80. The first-order valence-corrected chi connectivity index (χ1v) is 6.05. The first kappa shape index (κ1) is 15.6. The lowest BCUT2D eigenvalue weighted by Crippen LogP contribution is -2.13. The van der Waals surface area contributed by atoms with Crippen molar-refractivity contribution in [3.05, 3.63) is 39.9 Å². The van der Waals surface area contributed by atoms with Gasteiger partial charge in [0, 0.05) is 11.8 Å². The topological polar surface area (TPSA) is 63.8 Å². The van der Waals surface area contributed by atoms with Crippen LogP contribution in [0, 0.1) is 5.82 Å². The van der Waals surface area contributed by atoms with E-state index in [-0.39, 0.29) is 27.4 Å². The lowest BCUT2D eigenvalue weighted by Gasteiger charge is -2.11. The van der Waals surface area contributed by atoms with Crippen LogP contribution in [-0.4, -0.2) is 9.97 Å². The van der Waals surface area contributed by atoms with Gasteiger partial charge in [0.2, 0.25) is 5.82 Å². The fourth-order valence-corrected chi connectivity index (χ4v) is 1.92. The molecule has 4 nitrogen and oxygen atoms in total. The van der Waals surface area contributed by atoms with Crippen LogP contribution in [0.15, 0.2) is 18.2 Å². The number of rotatable bonds is 2. The number of alkyl halides is 3. The van der Waals surface area contributed by atoms with Gasteiger partial charge in [-0.1, -0.05) is 23.2 Å². The van der Waals surface area contributed by atoms with E-state index in [4.69, 9.17) is 28.9 Å². The minimum absolute atomic E-state index is 0.151. The summed E-state index contributed by atoms with van der Waals surface area (Å²) in [5.74, 6) is -2.83. The van der Waals surface area contributed by atoms with E-state index in [2.05, 4.69) is 15.3 Å². The van der Waals surface area contributed by atoms with Crippen LogP contribution in [0.1, 0.15) is 5.82 Å². The standard InChI is InChI=1S/C11H6Cl2F4N4/c12-5-1-4(2-6(13)9(5)14)19-8-3-7(18)20-10(21-8)11(15,16)17/h1-3H,(H3,18,19,20,21). The van der Waals surface area contributed by atoms with Gasteiger partial charge in [-0.05, 0) is 12.1 Å². The molecule has 112 valence electrons. The van der Waals surface area contributed by atoms with Gasteiger partial charge in [0.25, 0.3) is 0 Å². The summed E-state index contributed by atoms with van der Waals surface area (Å²) in [6.07, 6.45) is -4.75. The number of halogens is 6. The largest absolute Gasteiger partial charge is 0.451 e. The molecule has 0 saturated carbocycles. The molecule has 0 bridgehead atoms. The number of benzene rings is 1. The molecule has 0 aliphatic heterocycles. The highest BCUT2D eigenvalue weighted by Crippen LogP contribution is 2.31. The second-order valence-electron chi connectivity index (χ2n) is 3.88. The van der Waals surface area contributed by atoms with Crippen LogP contribution in [0.3, 0.4) is 0 Å². The zero-order valence-corrected chi connectivity index (χ0v) is 11.5. The number of anilines is 3. The molecule has 0 spiro atoms. The molecule has 1 aromatic heterocycles. The van der Waals surface area contributed by atoms with E-state index >= 15 is 0 Å². The molecule has 2 rings (SSSR count). The number of hydrogen-bond acceptors (Lipinski definition) is 4. The molecule has 0 amide bonds. The third-order valence-corrected chi connectivity index (χ3v) is 2.81. The van der Waals surface area contributed by atoms with E-state index in [1.54, 1.807) is 0 Å². The number of hydrogen-bond donors (Lipinski definition) is 2. The van der Waals surface area contributed by atoms with Crippen molar-refractivity contribution in [2.75, 3.05) is 11.1 Å². The van der Waals surface area contributed by atoms with Crippen molar-refractivity contribution in [2.45, 2.75) is 6.18 Å². The fourth-order valence-electron chi connectivity index (χ4n) is 1.43. The highest BCUT2D eigenvalue weighted by Gasteiger charge is 2.35. The zero-order chi connectivity index (χ0) is 15.8. The molecule has 0 atom stereocenters. The van der Waals surface area contributed by atoms with Gasteiger partial charge >= 0.3 is 6.18 Å². The molecule has 3 N–H and O–H groups in total. The second-order valence-corrected chi connectivity index (χ2v) is 4.69. The summed E-state index contributed by atoms with van der Waals surface area (Å²) >= 11 is 11.2. The highest BCUT2D eigenvalue weighted by molar-refractivity contribution is 6.35. The summed E-state index contributed by atoms with van der Waals surface area (Å²) in [6.45, 7) is 0. The number of nitrogens with zero attached hydrogens (tertiary/aromatic N) is 2. The normalized spacial score (nSPS) is 11.5. The third-order valence-electron chi connectivity index (χ3n) is 2.26. The maximum Gasteiger partial charge on any atom is 0.451 e. The molecule has 21 heavy (non-hydrogen) atoms. The Labute approximate surface area is 125 Å². The molecule has 0 aliphatic rings. The van der Waals surface area contributed by atoms with Crippen molar-refractivity contribution in [3.8, 4) is 0 Å². The predicted molar refractivity (Wildman–Crippen MR) is 71.1 cm³/mol. The average molecular weight is 341 g/mol. The monoisotopic (exact) mass is 340 g/mol. The molecule has 0 unspecified atom stereocenters. The second kappa shape index (κ2) is 5.53. The number of aromatic nitrogens is 2. The summed E-state index contributed by atoms with van der Waals surface area (Å²) in [7, 11) is 0. The first-order chi connectivity index (χ1) is 9.66. The van der Waals surface area contributed by atoms with Crippen LogP contribution >= 0.6 is 23.2 Å². The van der Waals surface area contributed by atoms with E-state index in [0.717, 1.165) is 18.2 Å². The van der Waals surface area contributed by atoms with Gasteiger partial charge in [-0.2, -0.15) is 13.2 Å². The van der Waals surface area contributed by atoms with Gasteiger partial charge in [0.1, 0.15) is 11.6 Å². The van der Waals surface area contributed by atoms with Crippen LogP contribution in [0.2, 0.25) is 10.0 Å². The minimum atomic E-state index is -4.75. The van der Waals surface area contributed by atoms with Crippen molar-refractivity contribution in [3.63, 3.8) is 0 Å². The molecule has 0 saturated heterocycles. The number of nitrogens with one attached hydrogen (secondary N) is 1. The molecule has 1 heterocycles. The van der Waals surface area contributed by atoms with Crippen molar-refractivity contribution >= 4 is 40.5 Å². The maximum atomic E-state index is 13.2. The Morgan fingerprint density at radius 1 is 1.05 bits per heavy atom. The van der Waals surface area contributed by atoms with Gasteiger partial charge in [0.05, 0.1) is 10.0 Å². The van der Waals surface area contributed by atoms with Gasteiger partial charge in [-0.3, -0.25) is 0 Å². The number of nitrogen functional groups attached to an aromatic ring is 1. The summed E-state index contributed by atoms with van der Waals surface area (Å²) < 4.78 is 51.0. The fraction of sp³-hybridized carbons (Fsp3) is 0.0909. The maximum absolute atomic E-state index is 13.2. The van der Waals surface area contributed by atoms with Gasteiger partial charge in [-0.15, -0.1) is 0 Å². The molecular weight excluding hydrogens is 335 g/mol. The van der Waals surface area contributed by atoms with Crippen molar-refractivity contribution in [2.24, 2.45) is 0 Å². The van der Waals surface area contributed by atoms with E-state index in [0.29, 0.717) is 0 Å². The van der Waals surface area contributed by atoms with Crippen LogP contribution < -0.4 is 11.1 Å². The van der Waals surface area contributed by atoms with Crippen LogP contribution in [-0.2, 0) is 6.18 Å². The summed E-state index contributed by atoms with van der Waals surface area (Å²) in [5.41, 5.74) is 5.44. The zero-order valence-electron chi connectivity index (χ0n) is 9.97. The van der Waals surface area contributed by atoms with E-state index < -0.39 is 17.8 Å². The Kier molecular flexibility index (Phi) is 4.11.